The fourth-order valence-corrected chi connectivity index (χ4v) is 9.45. The van der Waals surface area contributed by atoms with Crippen molar-refractivity contribution >= 4 is 46.0 Å². The molecule has 4 saturated carbocycles. The number of aromatic nitrogens is 4. The Balaban J connectivity index is 1.17. The van der Waals surface area contributed by atoms with Crippen LogP contribution in [0.3, 0.4) is 0 Å². The number of nitrogens with one attached hydrogen (secondary N) is 1. The quantitative estimate of drug-likeness (QED) is 0.226. The lowest BCUT2D eigenvalue weighted by atomic mass is 9.49. The molecule has 0 radical (unpaired) electrons. The number of nitrogen functional groups attached to an aromatic ring is 1. The molecular weight excluding hydrogens is 576 g/mol. The van der Waals surface area contributed by atoms with E-state index < -0.39 is 11.4 Å². The highest BCUT2D eigenvalue weighted by molar-refractivity contribution is 6.31. The first-order chi connectivity index (χ1) is 21.1. The molecule has 4 fully saturated rings. The maximum atomic E-state index is 13.5. The topological polar surface area (TPSA) is 136 Å². The molecule has 10 heteroatoms. The summed E-state index contributed by atoms with van der Waals surface area (Å²) in [4.78, 5) is 34.1. The largest absolute Gasteiger partial charge is 0.481 e. The molecule has 0 unspecified atom stereocenters. The Labute approximate surface area is 260 Å². The van der Waals surface area contributed by atoms with E-state index in [1.807, 2.05) is 49.4 Å². The number of fused-ring (bicyclic) bond motifs is 2. The Morgan fingerprint density at radius 1 is 1.07 bits per heavy atom. The SMILES string of the molecule is C[C@@]1(c2ccc(CCC(=O)O)cc2)C(=O)Nc2nc(-c3nn(CC45CC6CC(CC(C6)C4)C5)c4cc(Cl)ccc34)nc(N)c21. The number of halogens is 1. The molecule has 2 aromatic heterocycles. The fourth-order valence-electron chi connectivity index (χ4n) is 9.28. The fraction of sp³-hybridized carbons (Fsp3) is 0.441. The van der Waals surface area contributed by atoms with E-state index in [2.05, 4.69) is 10.00 Å². The molecule has 5 aliphatic rings. The van der Waals surface area contributed by atoms with Gasteiger partial charge in [-0.05, 0) is 104 Å². The predicted molar refractivity (Wildman–Crippen MR) is 168 cm³/mol. The Bertz CT molecular complexity index is 1810. The maximum absolute atomic E-state index is 13.5. The van der Waals surface area contributed by atoms with Gasteiger partial charge in [0.2, 0.25) is 5.91 Å². The summed E-state index contributed by atoms with van der Waals surface area (Å²) in [6, 6.07) is 13.2. The number of rotatable bonds is 7. The third-order valence-electron chi connectivity index (χ3n) is 10.9. The molecule has 9 nitrogen and oxygen atoms in total. The van der Waals surface area contributed by atoms with Crippen molar-refractivity contribution in [2.75, 3.05) is 11.1 Å². The zero-order chi connectivity index (χ0) is 30.4. The molecule has 1 atom stereocenters. The number of nitrogens with zero attached hydrogens (tertiary/aromatic N) is 4. The monoisotopic (exact) mass is 610 g/mol. The molecule has 4 N–H and O–H groups in total. The van der Waals surface area contributed by atoms with Crippen LogP contribution in [0.15, 0.2) is 42.5 Å². The number of carbonyl (C=O) groups is 2. The van der Waals surface area contributed by atoms with Gasteiger partial charge in [-0.15, -0.1) is 0 Å². The first kappa shape index (κ1) is 27.6. The number of benzene rings is 2. The second kappa shape index (κ2) is 9.76. The third-order valence-corrected chi connectivity index (χ3v) is 11.1. The number of aliphatic carboxylic acids is 1. The normalized spacial score (nSPS) is 28.4. The van der Waals surface area contributed by atoms with Gasteiger partial charge in [0, 0.05) is 23.4 Å². The van der Waals surface area contributed by atoms with E-state index in [9.17, 15) is 9.59 Å². The van der Waals surface area contributed by atoms with Gasteiger partial charge >= 0.3 is 5.97 Å². The molecule has 44 heavy (non-hydrogen) atoms. The number of carboxylic acids is 1. The standard InChI is InChI=1S/C34H35ClN6O3/c1-33(22-5-2-18(3-6-22)4-9-26(42)43)27-29(36)37-31(38-30(27)39-32(33)44)28-24-8-7-23(35)13-25(24)41(40-28)17-34-14-19-10-20(15-34)12-21(11-19)16-34/h2-3,5-8,13,19-21H,4,9-12,14-17H2,1H3,(H,42,43)(H3,36,37,38,39,44)/t19?,20?,21?,33-,34?/m0/s1. The summed E-state index contributed by atoms with van der Waals surface area (Å²) < 4.78 is 2.12. The number of amides is 1. The second-order valence-corrected chi connectivity index (χ2v) is 14.3. The van der Waals surface area contributed by atoms with Crippen molar-refractivity contribution in [3.63, 3.8) is 0 Å². The van der Waals surface area contributed by atoms with Crippen molar-refractivity contribution in [1.82, 2.24) is 19.7 Å². The van der Waals surface area contributed by atoms with E-state index >= 15 is 0 Å². The van der Waals surface area contributed by atoms with Gasteiger partial charge < -0.3 is 16.2 Å². The number of hydrogen-bond donors (Lipinski definition) is 3. The van der Waals surface area contributed by atoms with Gasteiger partial charge in [-0.25, -0.2) is 9.97 Å². The highest BCUT2D eigenvalue weighted by Crippen LogP contribution is 2.60. The highest BCUT2D eigenvalue weighted by Gasteiger charge is 2.51. The average Bonchev–Trinajstić information content (AvgIpc) is 3.45. The molecule has 2 aromatic carbocycles. The summed E-state index contributed by atoms with van der Waals surface area (Å²) in [5, 5.41) is 18.7. The Morgan fingerprint density at radius 3 is 2.41 bits per heavy atom. The number of anilines is 2. The zero-order valence-corrected chi connectivity index (χ0v) is 25.4. The van der Waals surface area contributed by atoms with Crippen LogP contribution < -0.4 is 11.1 Å². The van der Waals surface area contributed by atoms with Crippen LogP contribution in [0.2, 0.25) is 5.02 Å². The lowest BCUT2D eigenvalue weighted by molar-refractivity contribution is -0.137. The van der Waals surface area contributed by atoms with Crippen molar-refractivity contribution in [3.8, 4) is 11.5 Å². The number of aryl methyl sites for hydroxylation is 1. The molecule has 0 spiro atoms. The van der Waals surface area contributed by atoms with Crippen LogP contribution >= 0.6 is 11.6 Å². The molecule has 0 saturated heterocycles. The van der Waals surface area contributed by atoms with Crippen LogP contribution in [-0.2, 0) is 28.0 Å². The summed E-state index contributed by atoms with van der Waals surface area (Å²) >= 11 is 6.50. The van der Waals surface area contributed by atoms with Gasteiger partial charge in [0.05, 0.1) is 11.1 Å². The molecule has 1 amide bonds. The lowest BCUT2D eigenvalue weighted by Crippen LogP contribution is -2.48. The van der Waals surface area contributed by atoms with Crippen molar-refractivity contribution in [3.05, 3.63) is 64.2 Å². The Hall–Kier alpha value is -3.98. The van der Waals surface area contributed by atoms with Crippen LogP contribution in [0, 0.1) is 23.2 Å². The molecule has 1 aliphatic heterocycles. The van der Waals surface area contributed by atoms with Gasteiger partial charge in [-0.1, -0.05) is 35.9 Å². The van der Waals surface area contributed by atoms with Gasteiger partial charge in [-0.3, -0.25) is 14.3 Å². The van der Waals surface area contributed by atoms with Crippen molar-refractivity contribution < 1.29 is 14.7 Å². The third kappa shape index (κ3) is 4.30. The highest BCUT2D eigenvalue weighted by atomic mass is 35.5. The Kier molecular flexibility index (Phi) is 6.11. The molecular formula is C34H35ClN6O3. The van der Waals surface area contributed by atoms with Crippen LogP contribution in [0.5, 0.6) is 0 Å². The van der Waals surface area contributed by atoms with E-state index in [0.717, 1.165) is 46.3 Å². The molecule has 4 bridgehead atoms. The molecule has 3 heterocycles. The van der Waals surface area contributed by atoms with E-state index in [1.54, 1.807) is 0 Å². The van der Waals surface area contributed by atoms with Gasteiger partial charge in [0.25, 0.3) is 0 Å². The number of carbonyl (C=O) groups excluding carboxylic acids is 1. The van der Waals surface area contributed by atoms with Crippen LogP contribution in [0.1, 0.15) is 68.6 Å². The van der Waals surface area contributed by atoms with Gasteiger partial charge in [0.15, 0.2) is 5.82 Å². The minimum atomic E-state index is -1.10. The van der Waals surface area contributed by atoms with Crippen LogP contribution in [-0.4, -0.2) is 36.7 Å². The summed E-state index contributed by atoms with van der Waals surface area (Å²) in [5.74, 6) is 2.39. The number of hydrogen-bond acceptors (Lipinski definition) is 6. The Morgan fingerprint density at radius 2 is 1.75 bits per heavy atom. The second-order valence-electron chi connectivity index (χ2n) is 13.9. The number of carboxylic acid groups (broad SMARTS) is 1. The van der Waals surface area contributed by atoms with Gasteiger partial charge in [0.1, 0.15) is 22.7 Å². The first-order valence-electron chi connectivity index (χ1n) is 15.6. The average molecular weight is 611 g/mol. The minimum absolute atomic E-state index is 0.0443. The van der Waals surface area contributed by atoms with Crippen LogP contribution in [0.25, 0.3) is 22.4 Å². The van der Waals surface area contributed by atoms with Gasteiger partial charge in [-0.2, -0.15) is 5.10 Å². The van der Waals surface area contributed by atoms with E-state index in [4.69, 9.17) is 37.5 Å². The lowest BCUT2D eigenvalue weighted by Gasteiger charge is -2.56. The van der Waals surface area contributed by atoms with Crippen LogP contribution in [0.4, 0.5) is 11.6 Å². The van der Waals surface area contributed by atoms with E-state index in [1.165, 1.54) is 38.5 Å². The number of nitrogens with two attached hydrogens (primary N) is 1. The van der Waals surface area contributed by atoms with Crippen molar-refractivity contribution in [2.45, 2.75) is 70.3 Å². The van der Waals surface area contributed by atoms with E-state index in [0.29, 0.717) is 34.3 Å². The zero-order valence-electron chi connectivity index (χ0n) is 24.6. The molecule has 226 valence electrons. The predicted octanol–water partition coefficient (Wildman–Crippen LogP) is 6.22. The van der Waals surface area contributed by atoms with E-state index in [-0.39, 0.29) is 23.6 Å². The summed E-state index contributed by atoms with van der Waals surface area (Å²) in [7, 11) is 0. The summed E-state index contributed by atoms with van der Waals surface area (Å²) in [6.45, 7) is 2.67. The maximum Gasteiger partial charge on any atom is 0.303 e. The molecule has 9 rings (SSSR count). The summed E-state index contributed by atoms with van der Waals surface area (Å²) in [6.07, 6.45) is 8.42. The molecule has 4 aliphatic carbocycles. The summed E-state index contributed by atoms with van der Waals surface area (Å²) in [5.41, 5.74) is 9.54. The molecule has 4 aromatic rings. The van der Waals surface area contributed by atoms with Crippen molar-refractivity contribution in [1.29, 1.82) is 0 Å². The smallest absolute Gasteiger partial charge is 0.303 e. The van der Waals surface area contributed by atoms with Crippen molar-refractivity contribution in [2.24, 2.45) is 23.2 Å². The first-order valence-corrected chi connectivity index (χ1v) is 16.0. The minimum Gasteiger partial charge on any atom is -0.481 e.